The van der Waals surface area contributed by atoms with Gasteiger partial charge in [0.2, 0.25) is 0 Å². The quantitative estimate of drug-likeness (QED) is 0.614. The highest BCUT2D eigenvalue weighted by Gasteiger charge is 2.30. The molecule has 6 nitrogen and oxygen atoms in total. The van der Waals surface area contributed by atoms with Crippen molar-refractivity contribution in [2.75, 3.05) is 16.8 Å². The van der Waals surface area contributed by atoms with Crippen LogP contribution >= 0.6 is 12.2 Å². The number of rotatable bonds is 4. The van der Waals surface area contributed by atoms with Crippen LogP contribution in [-0.4, -0.2) is 32.8 Å². The van der Waals surface area contributed by atoms with Gasteiger partial charge in [0.15, 0.2) is 5.82 Å². The van der Waals surface area contributed by atoms with E-state index in [1.165, 1.54) is 29.8 Å². The number of fused-ring (bicyclic) bond motifs is 1. The lowest BCUT2D eigenvalue weighted by molar-refractivity contribution is -0.137. The number of carbonyl (C=O) groups is 1. The van der Waals surface area contributed by atoms with Crippen molar-refractivity contribution in [3.63, 3.8) is 0 Å². The lowest BCUT2D eigenvalue weighted by atomic mass is 10.1. The second kappa shape index (κ2) is 8.38. The van der Waals surface area contributed by atoms with Crippen LogP contribution in [0.2, 0.25) is 0 Å². The van der Waals surface area contributed by atoms with Gasteiger partial charge in [0.1, 0.15) is 5.82 Å². The summed E-state index contributed by atoms with van der Waals surface area (Å²) in [5.74, 6) is 0.573. The zero-order chi connectivity index (χ0) is 22.0. The van der Waals surface area contributed by atoms with Gasteiger partial charge >= 0.3 is 6.18 Å². The molecule has 1 N–H and O–H groups in total. The van der Waals surface area contributed by atoms with Gasteiger partial charge in [-0.2, -0.15) is 13.2 Å². The van der Waals surface area contributed by atoms with E-state index in [2.05, 4.69) is 20.3 Å². The normalized spacial score (nSPS) is 13.5. The predicted octanol–water partition coefficient (Wildman–Crippen LogP) is 4.05. The molecule has 2 aromatic heterocycles. The summed E-state index contributed by atoms with van der Waals surface area (Å²) in [6.45, 7) is 1.17. The number of thiocarbonyl (C=S) groups is 1. The second-order valence-electron chi connectivity index (χ2n) is 6.92. The second-order valence-corrected chi connectivity index (χ2v) is 7.16. The number of halogens is 3. The minimum absolute atomic E-state index is 0.0663. The van der Waals surface area contributed by atoms with Crippen molar-refractivity contribution in [3.05, 3.63) is 77.0 Å². The van der Waals surface area contributed by atoms with Crippen LogP contribution in [0.15, 0.2) is 48.8 Å². The first-order valence-electron chi connectivity index (χ1n) is 9.33. The van der Waals surface area contributed by atoms with Crippen LogP contribution < -0.4 is 10.2 Å². The van der Waals surface area contributed by atoms with E-state index < -0.39 is 17.6 Å². The summed E-state index contributed by atoms with van der Waals surface area (Å²) in [5, 5.41) is 3.94. The van der Waals surface area contributed by atoms with Gasteiger partial charge in [-0.3, -0.25) is 4.79 Å². The number of hydrogen-bond acceptors (Lipinski definition) is 6. The molecule has 31 heavy (non-hydrogen) atoms. The predicted molar refractivity (Wildman–Crippen MR) is 113 cm³/mol. The van der Waals surface area contributed by atoms with Crippen LogP contribution in [0.5, 0.6) is 0 Å². The third-order valence-electron chi connectivity index (χ3n) is 4.84. The molecule has 0 spiro atoms. The minimum Gasteiger partial charge on any atom is -0.352 e. The fourth-order valence-corrected chi connectivity index (χ4v) is 3.41. The Kier molecular flexibility index (Phi) is 5.64. The van der Waals surface area contributed by atoms with Gasteiger partial charge in [0, 0.05) is 54.1 Å². The first-order valence-corrected chi connectivity index (χ1v) is 9.80. The minimum atomic E-state index is -4.48. The highest BCUT2D eigenvalue weighted by atomic mass is 32.1. The summed E-state index contributed by atoms with van der Waals surface area (Å²) in [6, 6.07) is 7.63. The van der Waals surface area contributed by atoms with E-state index in [9.17, 15) is 18.0 Å². The Bertz CT molecular complexity index is 1150. The fourth-order valence-electron chi connectivity index (χ4n) is 3.29. The molecule has 0 saturated heterocycles. The van der Waals surface area contributed by atoms with Crippen molar-refractivity contribution in [2.24, 2.45) is 0 Å². The van der Waals surface area contributed by atoms with E-state index in [1.807, 2.05) is 4.90 Å². The van der Waals surface area contributed by atoms with Crippen molar-refractivity contribution in [2.45, 2.75) is 19.1 Å². The number of nitrogens with one attached hydrogen (secondary N) is 1. The molecule has 4 rings (SSSR count). The number of carbonyl (C=O) groups excluding carboxylic acids is 1. The number of aromatic nitrogens is 3. The monoisotopic (exact) mass is 443 g/mol. The Morgan fingerprint density at radius 3 is 2.81 bits per heavy atom. The van der Waals surface area contributed by atoms with Gasteiger partial charge in [-0.1, -0.05) is 18.3 Å². The number of anilines is 2. The zero-order valence-corrected chi connectivity index (χ0v) is 16.9. The molecule has 1 aliphatic heterocycles. The van der Waals surface area contributed by atoms with Crippen molar-refractivity contribution in [3.8, 4) is 0 Å². The molecule has 3 aromatic rings. The number of nitrogens with zero attached hydrogens (tertiary/aromatic N) is 4. The van der Waals surface area contributed by atoms with E-state index in [0.717, 1.165) is 23.4 Å². The van der Waals surface area contributed by atoms with E-state index in [4.69, 9.17) is 12.2 Å². The molecule has 0 fully saturated rings. The maximum atomic E-state index is 12.9. The summed E-state index contributed by atoms with van der Waals surface area (Å²) in [7, 11) is 0. The van der Waals surface area contributed by atoms with Gasteiger partial charge in [0.25, 0.3) is 5.91 Å². The summed E-state index contributed by atoms with van der Waals surface area (Å²) in [5.41, 5.74) is 1.41. The van der Waals surface area contributed by atoms with E-state index in [-0.39, 0.29) is 5.69 Å². The van der Waals surface area contributed by atoms with Crippen LogP contribution in [0, 0.1) is 0 Å². The SMILES string of the molecule is O=C(Nc1cccc(C(F)(F)F)c1)c1ccnc(N2CCc3nc(C=S)ncc3C2)c1. The van der Waals surface area contributed by atoms with Gasteiger partial charge in [-0.15, -0.1) is 0 Å². The fraction of sp³-hybridized carbons (Fsp3) is 0.190. The molecular weight excluding hydrogens is 427 g/mol. The topological polar surface area (TPSA) is 71.0 Å². The molecule has 1 amide bonds. The Labute approximate surface area is 181 Å². The smallest absolute Gasteiger partial charge is 0.352 e. The summed E-state index contributed by atoms with van der Waals surface area (Å²) in [4.78, 5) is 27.5. The third-order valence-corrected chi connectivity index (χ3v) is 5.05. The van der Waals surface area contributed by atoms with Crippen LogP contribution in [0.3, 0.4) is 0 Å². The average molecular weight is 443 g/mol. The molecule has 3 heterocycles. The first kappa shape index (κ1) is 20.9. The van der Waals surface area contributed by atoms with Gasteiger partial charge in [0.05, 0.1) is 11.3 Å². The van der Waals surface area contributed by atoms with E-state index in [0.29, 0.717) is 36.7 Å². The molecule has 0 radical (unpaired) electrons. The van der Waals surface area contributed by atoms with Crippen LogP contribution in [0.25, 0.3) is 0 Å². The van der Waals surface area contributed by atoms with Gasteiger partial charge < -0.3 is 10.2 Å². The summed E-state index contributed by atoms with van der Waals surface area (Å²) in [6.07, 6.45) is -0.576. The Morgan fingerprint density at radius 1 is 1.19 bits per heavy atom. The standard InChI is InChI=1S/C21H16F3N5OS/c22-21(23,24)15-2-1-3-16(9-15)27-20(30)13-4-6-25-19(8-13)29-7-5-17-14(11-29)10-26-18(12-31)28-17/h1-4,6,8-10,12H,5,7,11H2,(H,27,30). The summed E-state index contributed by atoms with van der Waals surface area (Å²) >= 11 is 4.87. The zero-order valence-electron chi connectivity index (χ0n) is 16.1. The molecule has 10 heteroatoms. The number of amides is 1. The number of pyridine rings is 1. The number of hydrogen-bond donors (Lipinski definition) is 1. The van der Waals surface area contributed by atoms with Crippen LogP contribution in [0.1, 0.15) is 33.0 Å². The van der Waals surface area contributed by atoms with Gasteiger partial charge in [-0.05, 0) is 30.3 Å². The highest BCUT2D eigenvalue weighted by molar-refractivity contribution is 7.79. The molecule has 0 unspecified atom stereocenters. The van der Waals surface area contributed by atoms with Crippen molar-refractivity contribution < 1.29 is 18.0 Å². The Hall–Kier alpha value is -3.40. The summed E-state index contributed by atoms with van der Waals surface area (Å²) < 4.78 is 38.7. The molecule has 0 aliphatic carbocycles. The first-order chi connectivity index (χ1) is 14.8. The molecule has 158 valence electrons. The number of alkyl halides is 3. The largest absolute Gasteiger partial charge is 0.416 e. The van der Waals surface area contributed by atoms with Crippen molar-refractivity contribution in [1.29, 1.82) is 0 Å². The molecular formula is C21H16F3N5OS. The molecule has 0 atom stereocenters. The maximum Gasteiger partial charge on any atom is 0.416 e. The van der Waals surface area contributed by atoms with Crippen molar-refractivity contribution >= 4 is 35.0 Å². The lowest BCUT2D eigenvalue weighted by Gasteiger charge is -2.29. The Balaban J connectivity index is 1.51. The van der Waals surface area contributed by atoms with Crippen LogP contribution in [0.4, 0.5) is 24.7 Å². The Morgan fingerprint density at radius 2 is 2.03 bits per heavy atom. The third kappa shape index (κ3) is 4.69. The van der Waals surface area contributed by atoms with Crippen molar-refractivity contribution in [1.82, 2.24) is 15.0 Å². The van der Waals surface area contributed by atoms with E-state index in [1.54, 1.807) is 12.3 Å². The molecule has 1 aliphatic rings. The maximum absolute atomic E-state index is 12.9. The van der Waals surface area contributed by atoms with E-state index >= 15 is 0 Å². The molecule has 0 saturated carbocycles. The highest BCUT2D eigenvalue weighted by Crippen LogP contribution is 2.31. The average Bonchev–Trinajstić information content (AvgIpc) is 2.78. The molecule has 0 bridgehead atoms. The van der Waals surface area contributed by atoms with Crippen LogP contribution in [-0.2, 0) is 19.1 Å². The lowest BCUT2D eigenvalue weighted by Crippen LogP contribution is -2.32. The number of benzene rings is 1. The van der Waals surface area contributed by atoms with Gasteiger partial charge in [-0.25, -0.2) is 15.0 Å². The molecule has 1 aromatic carbocycles.